The Hall–Kier alpha value is -2.69. The number of benzene rings is 1. The topological polar surface area (TPSA) is 79.5 Å². The van der Waals surface area contributed by atoms with E-state index in [0.29, 0.717) is 6.61 Å². The van der Waals surface area contributed by atoms with Gasteiger partial charge >= 0.3 is 12.1 Å². The standard InChI is InChI=1S/C31H46F3NO4/c1-2-3-4-5-6-7-8-9-10-11-12-13-14-15-16-17-23-38-27-20-18-26(19-21-27)22-24-39-30(37)28(25-35)29(36)31(32,33)34/h18-21,36H,2-17,22-24H2,1H3/b29-28-. The van der Waals surface area contributed by atoms with Crippen LogP contribution in [0.15, 0.2) is 35.6 Å². The van der Waals surface area contributed by atoms with Gasteiger partial charge in [-0.05, 0) is 24.1 Å². The highest BCUT2D eigenvalue weighted by Crippen LogP contribution is 2.26. The Morgan fingerprint density at radius 2 is 1.26 bits per heavy atom. The van der Waals surface area contributed by atoms with Crippen molar-refractivity contribution in [1.29, 1.82) is 5.26 Å². The van der Waals surface area contributed by atoms with E-state index in [9.17, 15) is 18.0 Å². The number of rotatable bonds is 22. The molecule has 8 heteroatoms. The number of carbonyl (C=O) groups excluding carboxylic acids is 1. The molecule has 0 unspecified atom stereocenters. The lowest BCUT2D eigenvalue weighted by atomic mass is 10.0. The van der Waals surface area contributed by atoms with Crippen molar-refractivity contribution >= 4 is 5.97 Å². The number of hydrogen-bond donors (Lipinski definition) is 1. The quantitative estimate of drug-likeness (QED) is 0.0509. The number of hydrogen-bond acceptors (Lipinski definition) is 5. The maximum Gasteiger partial charge on any atom is 0.450 e. The van der Waals surface area contributed by atoms with E-state index < -0.39 is 23.5 Å². The molecule has 0 aliphatic carbocycles. The Morgan fingerprint density at radius 3 is 1.69 bits per heavy atom. The van der Waals surface area contributed by atoms with Gasteiger partial charge in [-0.1, -0.05) is 115 Å². The number of alkyl halides is 3. The molecule has 0 heterocycles. The van der Waals surface area contributed by atoms with Crippen molar-refractivity contribution in [2.24, 2.45) is 0 Å². The summed E-state index contributed by atoms with van der Waals surface area (Å²) >= 11 is 0. The summed E-state index contributed by atoms with van der Waals surface area (Å²) in [5.41, 5.74) is -0.666. The van der Waals surface area contributed by atoms with Crippen LogP contribution in [-0.4, -0.2) is 30.5 Å². The fourth-order valence-electron chi connectivity index (χ4n) is 4.26. The van der Waals surface area contributed by atoms with Crippen LogP contribution in [0.25, 0.3) is 0 Å². The van der Waals surface area contributed by atoms with Gasteiger partial charge < -0.3 is 14.6 Å². The van der Waals surface area contributed by atoms with E-state index >= 15 is 0 Å². The predicted molar refractivity (Wildman–Crippen MR) is 147 cm³/mol. The number of carbonyl (C=O) groups is 1. The van der Waals surface area contributed by atoms with Crippen LogP contribution in [0.3, 0.4) is 0 Å². The van der Waals surface area contributed by atoms with Crippen LogP contribution in [0, 0.1) is 11.3 Å². The third kappa shape index (κ3) is 16.8. The summed E-state index contributed by atoms with van der Waals surface area (Å²) in [5, 5.41) is 17.7. The summed E-state index contributed by atoms with van der Waals surface area (Å²) in [6, 6.07) is 8.19. The van der Waals surface area contributed by atoms with Gasteiger partial charge in [0.05, 0.1) is 13.2 Å². The minimum absolute atomic E-state index is 0.228. The molecular weight excluding hydrogens is 507 g/mol. The molecule has 0 aromatic heterocycles. The Bertz CT molecular complexity index is 860. The van der Waals surface area contributed by atoms with Gasteiger partial charge in [-0.2, -0.15) is 18.4 Å². The van der Waals surface area contributed by atoms with E-state index in [-0.39, 0.29) is 13.0 Å². The monoisotopic (exact) mass is 553 g/mol. The van der Waals surface area contributed by atoms with Crippen molar-refractivity contribution in [3.05, 3.63) is 41.2 Å². The second-order valence-electron chi connectivity index (χ2n) is 10.0. The van der Waals surface area contributed by atoms with Gasteiger partial charge in [-0.25, -0.2) is 4.79 Å². The molecule has 0 atom stereocenters. The minimum atomic E-state index is -5.19. The fraction of sp³-hybridized carbons (Fsp3) is 0.677. The normalized spacial score (nSPS) is 12.1. The van der Waals surface area contributed by atoms with Crippen LogP contribution < -0.4 is 4.74 Å². The lowest BCUT2D eigenvalue weighted by Crippen LogP contribution is -2.19. The molecule has 0 aliphatic heterocycles. The van der Waals surface area contributed by atoms with Crippen molar-refractivity contribution in [2.75, 3.05) is 13.2 Å². The van der Waals surface area contributed by atoms with E-state index in [0.717, 1.165) is 30.2 Å². The SMILES string of the molecule is CCCCCCCCCCCCCCCCCCOc1ccc(CCOC(=O)/C(C#N)=C(\O)C(F)(F)F)cc1. The molecule has 0 radical (unpaired) electrons. The first-order valence-electron chi connectivity index (χ1n) is 14.6. The summed E-state index contributed by atoms with van der Waals surface area (Å²) in [7, 11) is 0. The number of nitrogens with zero attached hydrogens (tertiary/aromatic N) is 1. The third-order valence-electron chi connectivity index (χ3n) is 6.64. The fourth-order valence-corrected chi connectivity index (χ4v) is 4.26. The summed E-state index contributed by atoms with van der Waals surface area (Å²) in [5.74, 6) is -3.03. The number of nitriles is 1. The van der Waals surface area contributed by atoms with Gasteiger partial charge in [0, 0.05) is 6.42 Å². The lowest BCUT2D eigenvalue weighted by molar-refractivity contribution is -0.142. The summed E-state index contributed by atoms with van der Waals surface area (Å²) in [4.78, 5) is 11.7. The predicted octanol–water partition coefficient (Wildman–Crippen LogP) is 9.31. The van der Waals surface area contributed by atoms with Gasteiger partial charge in [0.15, 0.2) is 5.57 Å². The molecule has 1 rings (SSSR count). The number of halogens is 3. The van der Waals surface area contributed by atoms with E-state index in [4.69, 9.17) is 19.8 Å². The maximum atomic E-state index is 12.5. The highest BCUT2D eigenvalue weighted by atomic mass is 19.4. The number of aliphatic hydroxyl groups is 1. The van der Waals surface area contributed by atoms with Gasteiger partial charge in [0.25, 0.3) is 0 Å². The summed E-state index contributed by atoms with van der Waals surface area (Å²) < 4.78 is 47.9. The number of allylic oxidation sites excluding steroid dienone is 1. The Balaban J connectivity index is 2.04. The second-order valence-corrected chi connectivity index (χ2v) is 10.0. The first kappa shape index (κ1) is 34.3. The average molecular weight is 554 g/mol. The van der Waals surface area contributed by atoms with Gasteiger partial charge in [-0.3, -0.25) is 0 Å². The van der Waals surface area contributed by atoms with Crippen LogP contribution in [0.4, 0.5) is 13.2 Å². The van der Waals surface area contributed by atoms with Gasteiger partial charge in [-0.15, -0.1) is 0 Å². The van der Waals surface area contributed by atoms with Crippen LogP contribution in [0.1, 0.15) is 115 Å². The van der Waals surface area contributed by atoms with E-state index in [1.807, 2.05) is 0 Å². The number of ether oxygens (including phenoxy) is 2. The molecule has 1 aromatic carbocycles. The van der Waals surface area contributed by atoms with Crippen molar-refractivity contribution in [2.45, 2.75) is 122 Å². The average Bonchev–Trinajstić information content (AvgIpc) is 2.91. The first-order chi connectivity index (χ1) is 18.8. The molecule has 0 bridgehead atoms. The van der Waals surface area contributed by atoms with Crippen LogP contribution >= 0.6 is 0 Å². The highest BCUT2D eigenvalue weighted by molar-refractivity contribution is 5.93. The minimum Gasteiger partial charge on any atom is -0.503 e. The summed E-state index contributed by atoms with van der Waals surface area (Å²) in [6.07, 6.45) is 16.2. The molecule has 0 fully saturated rings. The molecule has 39 heavy (non-hydrogen) atoms. The zero-order valence-electron chi connectivity index (χ0n) is 23.5. The zero-order chi connectivity index (χ0) is 28.8. The Kier molecular flexibility index (Phi) is 18.6. The van der Waals surface area contributed by atoms with Crippen LogP contribution in [0.5, 0.6) is 5.75 Å². The number of esters is 1. The van der Waals surface area contributed by atoms with Crippen molar-refractivity contribution in [3.63, 3.8) is 0 Å². The molecule has 220 valence electrons. The highest BCUT2D eigenvalue weighted by Gasteiger charge is 2.39. The third-order valence-corrected chi connectivity index (χ3v) is 6.64. The van der Waals surface area contributed by atoms with E-state index in [1.54, 1.807) is 24.3 Å². The van der Waals surface area contributed by atoms with E-state index in [2.05, 4.69) is 6.92 Å². The molecule has 0 saturated heterocycles. The maximum absolute atomic E-state index is 12.5. The molecule has 1 N–H and O–H groups in total. The second kappa shape index (κ2) is 21.2. The molecule has 0 spiro atoms. The lowest BCUT2D eigenvalue weighted by Gasteiger charge is -2.09. The zero-order valence-corrected chi connectivity index (χ0v) is 23.5. The molecular formula is C31H46F3NO4. The van der Waals surface area contributed by atoms with Gasteiger partial charge in [0.1, 0.15) is 11.8 Å². The number of unbranched alkanes of at least 4 members (excludes halogenated alkanes) is 15. The molecule has 0 aliphatic rings. The molecule has 5 nitrogen and oxygen atoms in total. The molecule has 1 aromatic rings. The first-order valence-corrected chi connectivity index (χ1v) is 14.6. The van der Waals surface area contributed by atoms with Crippen molar-refractivity contribution in [1.82, 2.24) is 0 Å². The smallest absolute Gasteiger partial charge is 0.450 e. The number of aliphatic hydroxyl groups excluding tert-OH is 1. The van der Waals surface area contributed by atoms with Crippen LogP contribution in [0.2, 0.25) is 0 Å². The molecule has 0 saturated carbocycles. The Labute approximate surface area is 232 Å². The molecule has 0 amide bonds. The van der Waals surface area contributed by atoms with Crippen molar-refractivity contribution in [3.8, 4) is 11.8 Å². The largest absolute Gasteiger partial charge is 0.503 e. The summed E-state index contributed by atoms with van der Waals surface area (Å²) in [6.45, 7) is 2.67. The van der Waals surface area contributed by atoms with Crippen LogP contribution in [-0.2, 0) is 16.0 Å². The van der Waals surface area contributed by atoms with E-state index in [1.165, 1.54) is 89.9 Å². The van der Waals surface area contributed by atoms with Gasteiger partial charge in [0.2, 0.25) is 5.76 Å². The Morgan fingerprint density at radius 1 is 0.795 bits per heavy atom. The van der Waals surface area contributed by atoms with Crippen molar-refractivity contribution < 1.29 is 32.5 Å².